The molecule has 0 saturated carbocycles. The molecule has 4 heterocycles. The van der Waals surface area contributed by atoms with E-state index in [1.165, 1.54) is 35.8 Å². The molecule has 10 rings (SSSR count). The van der Waals surface area contributed by atoms with Crippen molar-refractivity contribution in [1.29, 1.82) is 0 Å². The van der Waals surface area contributed by atoms with Crippen molar-refractivity contribution < 1.29 is 116 Å². The van der Waals surface area contributed by atoms with Gasteiger partial charge in [0.1, 0.15) is 11.6 Å². The zero-order valence-corrected chi connectivity index (χ0v) is 50.4. The smallest absolute Gasteiger partial charge is 0.399 e. The maximum absolute atomic E-state index is 14.3. The molecular weight excluding hydrogens is 1720 g/mol. The van der Waals surface area contributed by atoms with Gasteiger partial charge in [-0.2, -0.15) is 93.7 Å². The van der Waals surface area contributed by atoms with Crippen molar-refractivity contribution in [3.8, 4) is 22.5 Å². The average molecular weight is 1760 g/mol. The summed E-state index contributed by atoms with van der Waals surface area (Å²) in [7, 11) is 5.72. The van der Waals surface area contributed by atoms with Crippen molar-refractivity contribution in [2.24, 2.45) is 0 Å². The fourth-order valence-corrected chi connectivity index (χ4v) is 7.29. The molecular formula is C57H43F8Ir4N8-5. The predicted molar refractivity (Wildman–Crippen MR) is 269 cm³/mol. The minimum absolute atomic E-state index is 0. The number of pyridine rings is 2. The molecule has 0 aliphatic carbocycles. The van der Waals surface area contributed by atoms with E-state index in [0.717, 1.165) is 28.8 Å². The summed E-state index contributed by atoms with van der Waals surface area (Å²) in [6.45, 7) is 12.6. The molecule has 0 spiro atoms. The van der Waals surface area contributed by atoms with E-state index in [-0.39, 0.29) is 103 Å². The van der Waals surface area contributed by atoms with Crippen molar-refractivity contribution in [2.45, 2.75) is 19.3 Å². The quantitative estimate of drug-likeness (QED) is 0.121. The Balaban J connectivity index is 0.000000270. The largest absolute Gasteiger partial charge is 0.510 e. The molecule has 0 unspecified atom stereocenters. The van der Waals surface area contributed by atoms with Crippen molar-refractivity contribution in [2.75, 3.05) is 40.7 Å². The summed E-state index contributed by atoms with van der Waals surface area (Å²) in [5, 5.41) is 0. The summed E-state index contributed by atoms with van der Waals surface area (Å²) in [4.78, 5) is 21.0. The van der Waals surface area contributed by atoms with Gasteiger partial charge >= 0.3 is 12.4 Å². The van der Waals surface area contributed by atoms with Gasteiger partial charge in [-0.1, -0.05) is 42.5 Å². The van der Waals surface area contributed by atoms with E-state index in [9.17, 15) is 35.1 Å². The van der Waals surface area contributed by atoms with Gasteiger partial charge in [-0.15, -0.1) is 41.8 Å². The van der Waals surface area contributed by atoms with Crippen LogP contribution in [0.2, 0.25) is 0 Å². The fourth-order valence-electron chi connectivity index (χ4n) is 7.29. The van der Waals surface area contributed by atoms with Crippen LogP contribution in [0.4, 0.5) is 74.9 Å². The normalized spacial score (nSPS) is 12.0. The fraction of sp³-hybridized carbons (Fsp3) is 0.105. The third kappa shape index (κ3) is 16.9. The number of hydrogen-bond donors (Lipinski definition) is 0. The van der Waals surface area contributed by atoms with Gasteiger partial charge in [0.15, 0.2) is 0 Å². The number of aromatic nitrogens is 2. The first-order chi connectivity index (χ1) is 34.9. The maximum Gasteiger partial charge on any atom is 0.399 e. The molecule has 0 atom stereocenters. The minimum Gasteiger partial charge on any atom is -0.510 e. The number of halogens is 8. The first-order valence-electron chi connectivity index (χ1n) is 22.1. The standard InChI is InChI=1S/C19H14N2.C15H13F2N3.C13H6F6N.C10H10N2.4Ir/c1-3-9-16(10-4-1)20-15-21(17-11-5-2-6-12-17)19-14-8-7-13-18(19)20;1-9-7-11(16)15(18-2)14(17)13(9)12-8-10(20(3)4)5-6-19-12;14-12(15,16)9-5-8(11-3-1-2-4-20-11)6-10(7-9)13(17,18)19;1-11-7-8-12(9-11)10-5-3-2-4-6-10;;;;/h1-11,13-15H;5-8H,1,3-4H3;1-5,7H;2-5,7-9H,1H3;;;;/q-2;;-1;-2;;;;. The van der Waals surface area contributed by atoms with Crippen molar-refractivity contribution >= 4 is 39.8 Å². The van der Waals surface area contributed by atoms with E-state index in [0.29, 0.717) is 17.3 Å². The Labute approximate surface area is 496 Å². The van der Waals surface area contributed by atoms with Gasteiger partial charge in [-0.05, 0) is 97.3 Å². The van der Waals surface area contributed by atoms with Crippen LogP contribution in [-0.4, -0.2) is 36.0 Å². The molecule has 2 aromatic heterocycles. The molecule has 4 radical (unpaired) electrons. The maximum atomic E-state index is 14.3. The monoisotopic (exact) mass is 1760 g/mol. The van der Waals surface area contributed by atoms with Crippen molar-refractivity contribution in [3.05, 3.63) is 248 Å². The Morgan fingerprint density at radius 3 is 1.77 bits per heavy atom. The van der Waals surface area contributed by atoms with Crippen molar-refractivity contribution in [1.82, 2.24) is 14.9 Å². The molecule has 77 heavy (non-hydrogen) atoms. The van der Waals surface area contributed by atoms with Gasteiger partial charge in [0.25, 0.3) is 5.69 Å². The van der Waals surface area contributed by atoms with Crippen LogP contribution in [-0.2, 0) is 92.8 Å². The Morgan fingerprint density at radius 2 is 1.22 bits per heavy atom. The summed E-state index contributed by atoms with van der Waals surface area (Å²) in [5.41, 5.74) is 3.61. The summed E-state index contributed by atoms with van der Waals surface area (Å²) in [5.74, 6) is -1.71. The van der Waals surface area contributed by atoms with Crippen molar-refractivity contribution in [3.63, 3.8) is 0 Å². The summed E-state index contributed by atoms with van der Waals surface area (Å²) in [6, 6.07) is 52.7. The summed E-state index contributed by atoms with van der Waals surface area (Å²) < 4.78 is 104. The van der Waals surface area contributed by atoms with E-state index in [4.69, 9.17) is 6.57 Å². The number of nitrogens with zero attached hydrogens (tertiary/aromatic N) is 8. The van der Waals surface area contributed by atoms with E-state index >= 15 is 0 Å². The topological polar surface area (TPSA) is 46.3 Å². The summed E-state index contributed by atoms with van der Waals surface area (Å²) >= 11 is 0. The molecule has 8 aromatic rings. The molecule has 408 valence electrons. The van der Waals surface area contributed by atoms with Crippen LogP contribution in [0, 0.1) is 56.7 Å². The van der Waals surface area contributed by atoms with Crippen LogP contribution in [0.1, 0.15) is 16.7 Å². The Morgan fingerprint density at radius 1 is 0.623 bits per heavy atom. The van der Waals surface area contributed by atoms with Crippen LogP contribution < -0.4 is 19.6 Å². The third-order valence-electron chi connectivity index (χ3n) is 10.8. The third-order valence-corrected chi connectivity index (χ3v) is 10.8. The molecule has 0 N–H and O–H groups in total. The molecule has 6 aromatic carbocycles. The number of benzene rings is 6. The Hall–Kier alpha value is -6.11. The SMILES string of the molecule is CN1C=CN(c2[c-]cccc2)[CH-]1.FC(F)(F)c1[c-]c(-c2ccccn2)cc(C(F)(F)F)c1.[C-]#[N+]c1c(F)cc(C)c(-c2cc(N(C)C)ccn2)c1F.[Ir].[Ir].[Ir].[Ir].[c-]1ccccc1N1[CH-]N(c2ccccc2)c2ccccc21. The number of para-hydroxylation sites is 5. The van der Waals surface area contributed by atoms with Crippen LogP contribution >= 0.6 is 0 Å². The Kier molecular flexibility index (Phi) is 25.0. The molecule has 0 amide bonds. The van der Waals surface area contributed by atoms with Crippen LogP contribution in [0.25, 0.3) is 27.4 Å². The predicted octanol–water partition coefficient (Wildman–Crippen LogP) is 15.3. The number of rotatable bonds is 6. The number of alkyl halides is 6. The first-order valence-corrected chi connectivity index (χ1v) is 22.1. The summed E-state index contributed by atoms with van der Waals surface area (Å²) in [6.07, 6.45) is -2.95. The molecule has 0 saturated heterocycles. The van der Waals surface area contributed by atoms with E-state index in [1.54, 1.807) is 25.3 Å². The second kappa shape index (κ2) is 29.6. The van der Waals surface area contributed by atoms with Gasteiger partial charge in [-0.25, -0.2) is 13.6 Å². The van der Waals surface area contributed by atoms with Crippen LogP contribution in [0.15, 0.2) is 176 Å². The van der Waals surface area contributed by atoms with E-state index in [2.05, 4.69) is 98.0 Å². The van der Waals surface area contributed by atoms with E-state index < -0.39 is 40.8 Å². The number of fused-ring (bicyclic) bond motifs is 1. The zero-order valence-electron chi connectivity index (χ0n) is 40.8. The van der Waals surface area contributed by atoms with Crippen LogP contribution in [0.5, 0.6) is 0 Å². The van der Waals surface area contributed by atoms with E-state index in [1.807, 2.05) is 110 Å². The Bertz CT molecular complexity index is 3090. The average Bonchev–Trinajstić information content (AvgIpc) is 4.02. The minimum atomic E-state index is -4.91. The second-order valence-corrected chi connectivity index (χ2v) is 16.2. The second-order valence-electron chi connectivity index (χ2n) is 16.2. The van der Waals surface area contributed by atoms with Gasteiger partial charge in [-0.3, -0.25) is 4.98 Å². The zero-order chi connectivity index (χ0) is 52.3. The number of aryl methyl sites for hydroxylation is 1. The molecule has 2 aliphatic heterocycles. The molecule has 2 aliphatic rings. The van der Waals surface area contributed by atoms with Gasteiger partial charge in [0.2, 0.25) is 0 Å². The number of anilines is 6. The van der Waals surface area contributed by atoms with Crippen LogP contribution in [0.3, 0.4) is 0 Å². The molecule has 20 heteroatoms. The molecule has 0 fully saturated rings. The van der Waals surface area contributed by atoms with Gasteiger partial charge in [0.05, 0.1) is 12.3 Å². The van der Waals surface area contributed by atoms with Gasteiger partial charge in [0, 0.05) is 135 Å². The number of hydrogen-bond acceptors (Lipinski definition) is 7. The van der Waals surface area contributed by atoms with Gasteiger partial charge < -0.3 is 29.5 Å². The molecule has 8 nitrogen and oxygen atoms in total. The first kappa shape index (κ1) is 65.2. The molecule has 0 bridgehead atoms.